The number of aromatic nitrogens is 1. The summed E-state index contributed by atoms with van der Waals surface area (Å²) < 4.78 is 5.09. The van der Waals surface area contributed by atoms with E-state index >= 15 is 0 Å². The standard InChI is InChI=1S/C21H25N3O3S/c1-12(17-10-13-3-4-15(17)9-13)22-20(26)18-11-28-21(23-18)24-19(25)14-5-7-16(27-2)8-6-14/h5-8,11-13,15,17H,3-4,9-10H2,1-2H3,(H,22,26)(H,23,24,25). The summed E-state index contributed by atoms with van der Waals surface area (Å²) in [7, 11) is 1.58. The van der Waals surface area contributed by atoms with E-state index in [0.717, 1.165) is 11.8 Å². The number of fused-ring (bicyclic) bond motifs is 2. The van der Waals surface area contributed by atoms with E-state index in [0.29, 0.717) is 28.1 Å². The van der Waals surface area contributed by atoms with E-state index < -0.39 is 0 Å². The molecule has 2 amide bonds. The van der Waals surface area contributed by atoms with Crippen molar-refractivity contribution in [2.24, 2.45) is 17.8 Å². The number of benzene rings is 1. The van der Waals surface area contributed by atoms with Crippen molar-refractivity contribution in [2.45, 2.75) is 38.6 Å². The number of amides is 2. The van der Waals surface area contributed by atoms with Crippen LogP contribution in [0.15, 0.2) is 29.6 Å². The third-order valence-corrected chi connectivity index (χ3v) is 6.86. The first-order chi connectivity index (χ1) is 13.5. The summed E-state index contributed by atoms with van der Waals surface area (Å²) in [5, 5.41) is 7.96. The third kappa shape index (κ3) is 3.90. The predicted molar refractivity (Wildman–Crippen MR) is 109 cm³/mol. The van der Waals surface area contributed by atoms with Gasteiger partial charge in [-0.15, -0.1) is 11.3 Å². The van der Waals surface area contributed by atoms with Crippen LogP contribution in [0.3, 0.4) is 0 Å². The zero-order chi connectivity index (χ0) is 19.7. The highest BCUT2D eigenvalue weighted by atomic mass is 32.1. The Balaban J connectivity index is 1.34. The highest BCUT2D eigenvalue weighted by Crippen LogP contribution is 2.49. The number of thiazole rings is 1. The molecule has 2 fully saturated rings. The van der Waals surface area contributed by atoms with E-state index in [1.54, 1.807) is 36.8 Å². The Bertz CT molecular complexity index is 864. The number of nitrogens with zero attached hydrogens (tertiary/aromatic N) is 1. The minimum atomic E-state index is -0.265. The van der Waals surface area contributed by atoms with Gasteiger partial charge in [-0.25, -0.2) is 4.98 Å². The molecule has 2 N–H and O–H groups in total. The van der Waals surface area contributed by atoms with Gasteiger partial charge in [-0.05, 0) is 68.2 Å². The second-order valence-corrected chi connectivity index (χ2v) is 8.68. The van der Waals surface area contributed by atoms with Gasteiger partial charge in [-0.1, -0.05) is 6.42 Å². The molecule has 0 aliphatic heterocycles. The van der Waals surface area contributed by atoms with Gasteiger partial charge in [0.1, 0.15) is 11.4 Å². The van der Waals surface area contributed by atoms with Crippen LogP contribution in [0.25, 0.3) is 0 Å². The summed E-state index contributed by atoms with van der Waals surface area (Å²) in [4.78, 5) is 29.2. The summed E-state index contributed by atoms with van der Waals surface area (Å²) in [6.07, 6.45) is 5.20. The summed E-state index contributed by atoms with van der Waals surface area (Å²) in [5.41, 5.74) is 0.858. The summed E-state index contributed by atoms with van der Waals surface area (Å²) in [6.45, 7) is 2.10. The van der Waals surface area contributed by atoms with Gasteiger partial charge in [-0.3, -0.25) is 14.9 Å². The van der Waals surface area contributed by atoms with E-state index in [9.17, 15) is 9.59 Å². The lowest BCUT2D eigenvalue weighted by Gasteiger charge is -2.28. The smallest absolute Gasteiger partial charge is 0.271 e. The molecule has 28 heavy (non-hydrogen) atoms. The molecule has 6 nitrogen and oxygen atoms in total. The largest absolute Gasteiger partial charge is 0.497 e. The molecule has 1 aromatic carbocycles. The number of methoxy groups -OCH3 is 1. The van der Waals surface area contributed by atoms with Crippen molar-refractivity contribution in [3.05, 3.63) is 40.9 Å². The second kappa shape index (κ2) is 7.91. The normalized spacial score (nSPS) is 24.0. The highest BCUT2D eigenvalue weighted by Gasteiger charge is 2.42. The molecular formula is C21H25N3O3S. The van der Waals surface area contributed by atoms with E-state index in [1.165, 1.54) is 37.0 Å². The van der Waals surface area contributed by atoms with Crippen LogP contribution in [0.2, 0.25) is 0 Å². The Morgan fingerprint density at radius 1 is 1.18 bits per heavy atom. The summed E-state index contributed by atoms with van der Waals surface area (Å²) >= 11 is 1.25. The maximum Gasteiger partial charge on any atom is 0.271 e. The Morgan fingerprint density at radius 2 is 1.96 bits per heavy atom. The molecule has 2 bridgehead atoms. The van der Waals surface area contributed by atoms with E-state index in [1.807, 2.05) is 0 Å². The molecule has 4 rings (SSSR count). The quantitative estimate of drug-likeness (QED) is 0.770. The number of anilines is 1. The van der Waals surface area contributed by atoms with E-state index in [-0.39, 0.29) is 17.9 Å². The maximum absolute atomic E-state index is 12.6. The molecule has 4 unspecified atom stereocenters. The minimum Gasteiger partial charge on any atom is -0.497 e. The van der Waals surface area contributed by atoms with Crippen LogP contribution in [0.1, 0.15) is 53.5 Å². The van der Waals surface area contributed by atoms with Crippen LogP contribution in [0.4, 0.5) is 5.13 Å². The van der Waals surface area contributed by atoms with Crippen LogP contribution < -0.4 is 15.4 Å². The molecule has 1 heterocycles. The van der Waals surface area contributed by atoms with Gasteiger partial charge in [0, 0.05) is 17.0 Å². The Labute approximate surface area is 168 Å². The van der Waals surface area contributed by atoms with Gasteiger partial charge in [0.15, 0.2) is 5.13 Å². The van der Waals surface area contributed by atoms with Crippen LogP contribution in [0.5, 0.6) is 5.75 Å². The van der Waals surface area contributed by atoms with Crippen LogP contribution in [0, 0.1) is 17.8 Å². The number of carbonyl (C=O) groups excluding carboxylic acids is 2. The maximum atomic E-state index is 12.6. The van der Waals surface area contributed by atoms with Crippen molar-refractivity contribution < 1.29 is 14.3 Å². The van der Waals surface area contributed by atoms with Crippen molar-refractivity contribution in [2.75, 3.05) is 12.4 Å². The molecule has 2 aliphatic rings. The fourth-order valence-electron chi connectivity index (χ4n) is 4.64. The summed E-state index contributed by atoms with van der Waals surface area (Å²) in [5.74, 6) is 2.45. The van der Waals surface area contributed by atoms with Crippen molar-refractivity contribution in [1.82, 2.24) is 10.3 Å². The average molecular weight is 400 g/mol. The Morgan fingerprint density at radius 3 is 2.61 bits per heavy atom. The molecule has 2 saturated carbocycles. The molecule has 0 saturated heterocycles. The molecule has 1 aromatic heterocycles. The predicted octanol–water partition coefficient (Wildman–Crippen LogP) is 3.96. The van der Waals surface area contributed by atoms with Crippen molar-refractivity contribution in [3.8, 4) is 5.75 Å². The fraction of sp³-hybridized carbons (Fsp3) is 0.476. The molecule has 7 heteroatoms. The molecule has 2 aromatic rings. The summed E-state index contributed by atoms with van der Waals surface area (Å²) in [6, 6.07) is 6.99. The lowest BCUT2D eigenvalue weighted by Crippen LogP contribution is -2.40. The zero-order valence-electron chi connectivity index (χ0n) is 16.1. The number of nitrogens with one attached hydrogen (secondary N) is 2. The average Bonchev–Trinajstić information content (AvgIpc) is 3.45. The van der Waals surface area contributed by atoms with Crippen molar-refractivity contribution in [3.63, 3.8) is 0 Å². The van der Waals surface area contributed by atoms with Crippen molar-refractivity contribution >= 4 is 28.3 Å². The van der Waals surface area contributed by atoms with Gasteiger partial charge < -0.3 is 10.1 Å². The van der Waals surface area contributed by atoms with E-state index in [2.05, 4.69) is 22.5 Å². The topological polar surface area (TPSA) is 80.3 Å². The SMILES string of the molecule is COc1ccc(C(=O)Nc2nc(C(=O)NC(C)C3CC4CCC3C4)cs2)cc1. The molecule has 0 spiro atoms. The van der Waals surface area contributed by atoms with Gasteiger partial charge in [0.05, 0.1) is 7.11 Å². The molecule has 4 atom stereocenters. The number of hydrogen-bond donors (Lipinski definition) is 2. The first-order valence-corrected chi connectivity index (χ1v) is 10.6. The molecule has 0 radical (unpaired) electrons. The van der Waals surface area contributed by atoms with Crippen LogP contribution >= 0.6 is 11.3 Å². The Hall–Kier alpha value is -2.41. The van der Waals surface area contributed by atoms with Crippen LogP contribution in [-0.2, 0) is 0 Å². The van der Waals surface area contributed by atoms with Gasteiger partial charge in [-0.2, -0.15) is 0 Å². The first-order valence-electron chi connectivity index (χ1n) is 9.75. The Kier molecular flexibility index (Phi) is 5.35. The first kappa shape index (κ1) is 18.9. The van der Waals surface area contributed by atoms with Gasteiger partial charge in [0.2, 0.25) is 0 Å². The molecule has 148 valence electrons. The van der Waals surface area contributed by atoms with Gasteiger partial charge in [0.25, 0.3) is 11.8 Å². The minimum absolute atomic E-state index is 0.154. The second-order valence-electron chi connectivity index (χ2n) is 7.82. The lowest BCUT2D eigenvalue weighted by molar-refractivity contribution is 0.0910. The molecular weight excluding hydrogens is 374 g/mol. The lowest BCUT2D eigenvalue weighted by atomic mass is 9.84. The third-order valence-electron chi connectivity index (χ3n) is 6.10. The number of carbonyl (C=O) groups is 2. The van der Waals surface area contributed by atoms with Crippen molar-refractivity contribution in [1.29, 1.82) is 0 Å². The monoisotopic (exact) mass is 399 g/mol. The number of hydrogen-bond acceptors (Lipinski definition) is 5. The van der Waals surface area contributed by atoms with E-state index in [4.69, 9.17) is 4.74 Å². The fourth-order valence-corrected chi connectivity index (χ4v) is 5.33. The zero-order valence-corrected chi connectivity index (χ0v) is 16.9. The molecule has 2 aliphatic carbocycles. The van der Waals surface area contributed by atoms with Crippen LogP contribution in [-0.4, -0.2) is 29.9 Å². The number of ether oxygens (including phenoxy) is 1. The number of rotatable bonds is 6. The highest BCUT2D eigenvalue weighted by molar-refractivity contribution is 7.14. The van der Waals surface area contributed by atoms with Gasteiger partial charge >= 0.3 is 0 Å².